The molecule has 0 radical (unpaired) electrons. The van der Waals surface area contributed by atoms with Gasteiger partial charge in [0.15, 0.2) is 5.76 Å². The Kier molecular flexibility index (Phi) is 5.43. The van der Waals surface area contributed by atoms with E-state index in [2.05, 4.69) is 24.5 Å². The Morgan fingerprint density at radius 3 is 2.60 bits per heavy atom. The molecule has 2 atom stereocenters. The maximum absolute atomic E-state index is 12.5. The number of hydrogen-bond donors (Lipinski definition) is 2. The van der Waals surface area contributed by atoms with Crippen molar-refractivity contribution in [2.24, 2.45) is 0 Å². The minimum Gasteiger partial charge on any atom is -0.486 e. The lowest BCUT2D eigenvalue weighted by molar-refractivity contribution is 0.0857. The van der Waals surface area contributed by atoms with Crippen LogP contribution in [0.1, 0.15) is 48.6 Å². The zero-order valence-electron chi connectivity index (χ0n) is 15.0. The molecule has 0 saturated heterocycles. The van der Waals surface area contributed by atoms with Crippen molar-refractivity contribution in [3.8, 4) is 5.75 Å². The Morgan fingerprint density at radius 1 is 1.24 bits per heavy atom. The van der Waals surface area contributed by atoms with Gasteiger partial charge in [0.05, 0.1) is 0 Å². The standard InChI is InChI=1S/C20H26N2O3/c1-13(2)21-17-9-10-18(17)22-20(23)19-14(3)11-16(25-19)12-24-15-7-5-4-6-8-15/h4-8,11,13,17-18,21H,9-10,12H2,1-3H3,(H,22,23)/t17-,18+/m1/s1. The van der Waals surface area contributed by atoms with Gasteiger partial charge >= 0.3 is 0 Å². The van der Waals surface area contributed by atoms with Gasteiger partial charge in [-0.1, -0.05) is 32.0 Å². The molecule has 1 aliphatic rings. The van der Waals surface area contributed by atoms with Gasteiger partial charge < -0.3 is 19.8 Å². The maximum atomic E-state index is 12.5. The molecule has 1 aromatic heterocycles. The van der Waals surface area contributed by atoms with Gasteiger partial charge in [0.2, 0.25) is 0 Å². The number of aryl methyl sites for hydroxylation is 1. The lowest BCUT2D eigenvalue weighted by Crippen LogP contribution is -2.58. The highest BCUT2D eigenvalue weighted by Crippen LogP contribution is 2.22. The van der Waals surface area contributed by atoms with Crippen LogP contribution in [0.5, 0.6) is 5.75 Å². The van der Waals surface area contributed by atoms with Crippen molar-refractivity contribution in [3.05, 3.63) is 53.5 Å². The number of amides is 1. The molecule has 0 spiro atoms. The van der Waals surface area contributed by atoms with Crippen LogP contribution in [-0.4, -0.2) is 24.0 Å². The van der Waals surface area contributed by atoms with Gasteiger partial charge in [0.1, 0.15) is 18.1 Å². The van der Waals surface area contributed by atoms with Crippen molar-refractivity contribution in [1.29, 1.82) is 0 Å². The number of benzene rings is 1. The van der Waals surface area contributed by atoms with Crippen molar-refractivity contribution in [1.82, 2.24) is 10.6 Å². The summed E-state index contributed by atoms with van der Waals surface area (Å²) < 4.78 is 11.4. The summed E-state index contributed by atoms with van der Waals surface area (Å²) in [5.41, 5.74) is 0.830. The molecule has 3 rings (SSSR count). The minimum atomic E-state index is -0.149. The van der Waals surface area contributed by atoms with E-state index in [-0.39, 0.29) is 11.9 Å². The molecule has 2 aromatic rings. The van der Waals surface area contributed by atoms with Gasteiger partial charge in [-0.25, -0.2) is 0 Å². The Balaban J connectivity index is 1.57. The van der Waals surface area contributed by atoms with Gasteiger partial charge in [-0.3, -0.25) is 4.79 Å². The van der Waals surface area contributed by atoms with Crippen LogP contribution in [0.15, 0.2) is 40.8 Å². The number of carbonyl (C=O) groups is 1. The maximum Gasteiger partial charge on any atom is 0.287 e. The fourth-order valence-corrected chi connectivity index (χ4v) is 3.05. The Hall–Kier alpha value is -2.27. The fourth-order valence-electron chi connectivity index (χ4n) is 3.05. The monoisotopic (exact) mass is 342 g/mol. The molecule has 1 saturated carbocycles. The topological polar surface area (TPSA) is 63.5 Å². The molecule has 1 heterocycles. The number of ether oxygens (including phenoxy) is 1. The smallest absolute Gasteiger partial charge is 0.287 e. The largest absolute Gasteiger partial charge is 0.486 e. The van der Waals surface area contributed by atoms with Crippen LogP contribution in [0.2, 0.25) is 0 Å². The Labute approximate surface area is 148 Å². The molecule has 1 amide bonds. The van der Waals surface area contributed by atoms with Crippen molar-refractivity contribution in [2.75, 3.05) is 0 Å². The summed E-state index contributed by atoms with van der Waals surface area (Å²) in [5, 5.41) is 6.56. The van der Waals surface area contributed by atoms with E-state index in [1.54, 1.807) is 0 Å². The van der Waals surface area contributed by atoms with Crippen LogP contribution >= 0.6 is 0 Å². The first-order chi connectivity index (χ1) is 12.0. The Bertz CT molecular complexity index is 709. The third kappa shape index (κ3) is 4.42. The van der Waals surface area contributed by atoms with Gasteiger partial charge in [0.25, 0.3) is 5.91 Å². The first-order valence-corrected chi connectivity index (χ1v) is 8.87. The van der Waals surface area contributed by atoms with Crippen molar-refractivity contribution in [2.45, 2.75) is 58.3 Å². The summed E-state index contributed by atoms with van der Waals surface area (Å²) in [5.74, 6) is 1.65. The van der Waals surface area contributed by atoms with Gasteiger partial charge in [0, 0.05) is 23.7 Å². The molecule has 25 heavy (non-hydrogen) atoms. The number of carbonyl (C=O) groups excluding carboxylic acids is 1. The highest BCUT2D eigenvalue weighted by atomic mass is 16.5. The zero-order valence-corrected chi connectivity index (χ0v) is 15.0. The van der Waals surface area contributed by atoms with Crippen LogP contribution in [0.25, 0.3) is 0 Å². The molecular formula is C20H26N2O3. The molecule has 0 bridgehead atoms. The third-order valence-corrected chi connectivity index (χ3v) is 4.44. The first-order valence-electron chi connectivity index (χ1n) is 8.87. The van der Waals surface area contributed by atoms with E-state index in [1.807, 2.05) is 43.3 Å². The van der Waals surface area contributed by atoms with E-state index in [4.69, 9.17) is 9.15 Å². The number of nitrogens with one attached hydrogen (secondary N) is 2. The lowest BCUT2D eigenvalue weighted by atomic mass is 9.85. The van der Waals surface area contributed by atoms with Gasteiger partial charge in [-0.2, -0.15) is 0 Å². The minimum absolute atomic E-state index is 0.149. The molecule has 0 aliphatic heterocycles. The van der Waals surface area contributed by atoms with Crippen LogP contribution in [0.4, 0.5) is 0 Å². The molecule has 0 unspecified atom stereocenters. The van der Waals surface area contributed by atoms with Crippen molar-refractivity contribution >= 4 is 5.91 Å². The van der Waals surface area contributed by atoms with Crippen LogP contribution in [0.3, 0.4) is 0 Å². The predicted molar refractivity (Wildman–Crippen MR) is 96.8 cm³/mol. The average Bonchev–Trinajstić information content (AvgIpc) is 2.96. The SMILES string of the molecule is Cc1cc(COc2ccccc2)oc1C(=O)N[C@H]1CC[C@H]1NC(C)C. The van der Waals surface area contributed by atoms with Gasteiger partial charge in [-0.15, -0.1) is 0 Å². The summed E-state index contributed by atoms with van der Waals surface area (Å²) >= 11 is 0. The number of hydrogen-bond acceptors (Lipinski definition) is 4. The molecule has 1 fully saturated rings. The van der Waals surface area contributed by atoms with E-state index in [0.717, 1.165) is 24.2 Å². The van der Waals surface area contributed by atoms with E-state index in [1.165, 1.54) is 0 Å². The lowest BCUT2D eigenvalue weighted by Gasteiger charge is -2.38. The second-order valence-electron chi connectivity index (χ2n) is 6.91. The predicted octanol–water partition coefficient (Wildman–Crippen LogP) is 3.43. The van der Waals surface area contributed by atoms with Crippen LogP contribution < -0.4 is 15.4 Å². The second kappa shape index (κ2) is 7.74. The summed E-state index contributed by atoms with van der Waals surface area (Å²) in [6, 6.07) is 12.4. The fraction of sp³-hybridized carbons (Fsp3) is 0.450. The highest BCUT2D eigenvalue weighted by molar-refractivity contribution is 5.93. The quantitative estimate of drug-likeness (QED) is 0.809. The summed E-state index contributed by atoms with van der Waals surface area (Å²) in [4.78, 5) is 12.5. The molecule has 134 valence electrons. The number of furan rings is 1. The van der Waals surface area contributed by atoms with Crippen molar-refractivity contribution in [3.63, 3.8) is 0 Å². The molecule has 2 N–H and O–H groups in total. The molecule has 5 heteroatoms. The first kappa shape index (κ1) is 17.5. The zero-order chi connectivity index (χ0) is 17.8. The highest BCUT2D eigenvalue weighted by Gasteiger charge is 2.33. The van der Waals surface area contributed by atoms with Crippen molar-refractivity contribution < 1.29 is 13.9 Å². The molecule has 5 nitrogen and oxygen atoms in total. The molecule has 1 aliphatic carbocycles. The second-order valence-corrected chi connectivity index (χ2v) is 6.91. The Morgan fingerprint density at radius 2 is 1.96 bits per heavy atom. The van der Waals surface area contributed by atoms with E-state index >= 15 is 0 Å². The molecular weight excluding hydrogens is 316 g/mol. The molecule has 1 aromatic carbocycles. The number of rotatable bonds is 7. The van der Waals surface area contributed by atoms with E-state index in [0.29, 0.717) is 30.2 Å². The van der Waals surface area contributed by atoms with Gasteiger partial charge in [-0.05, 0) is 38.0 Å². The number of para-hydroxylation sites is 1. The van der Waals surface area contributed by atoms with Crippen LogP contribution in [-0.2, 0) is 6.61 Å². The summed E-state index contributed by atoms with van der Waals surface area (Å²) in [6.07, 6.45) is 2.09. The van der Waals surface area contributed by atoms with Crippen LogP contribution in [0, 0.1) is 6.92 Å². The normalized spacial score (nSPS) is 19.5. The summed E-state index contributed by atoms with van der Waals surface area (Å²) in [7, 11) is 0. The van der Waals surface area contributed by atoms with E-state index in [9.17, 15) is 4.79 Å². The third-order valence-electron chi connectivity index (χ3n) is 4.44. The average molecular weight is 342 g/mol. The van der Waals surface area contributed by atoms with E-state index < -0.39 is 0 Å². The summed E-state index contributed by atoms with van der Waals surface area (Å²) in [6.45, 7) is 6.42.